The molecule has 0 bridgehead atoms. The lowest BCUT2D eigenvalue weighted by Gasteiger charge is -2.29. The van der Waals surface area contributed by atoms with Gasteiger partial charge in [-0.05, 0) is 29.0 Å². The molecule has 1 aliphatic rings. The first kappa shape index (κ1) is 22.5. The van der Waals surface area contributed by atoms with Crippen LogP contribution in [0, 0.1) is 0 Å². The number of Topliss-reactive ketones (excluding diaryl/α,β-unsaturated/α-hetero) is 1. The van der Waals surface area contributed by atoms with Crippen LogP contribution in [0.3, 0.4) is 0 Å². The molecular formula is C28H28N2O3. The smallest absolute Gasteiger partial charge is 0.315 e. The minimum absolute atomic E-state index is 0.0387. The molecular weight excluding hydrogens is 412 g/mol. The van der Waals surface area contributed by atoms with E-state index in [0.29, 0.717) is 16.7 Å². The molecule has 0 saturated carbocycles. The van der Waals surface area contributed by atoms with Crippen LogP contribution >= 0.6 is 0 Å². The van der Waals surface area contributed by atoms with Gasteiger partial charge in [0.25, 0.3) is 5.91 Å². The van der Waals surface area contributed by atoms with Crippen LogP contribution in [0.5, 0.6) is 0 Å². The molecule has 1 atom stereocenters. The molecule has 1 saturated heterocycles. The van der Waals surface area contributed by atoms with E-state index >= 15 is 0 Å². The van der Waals surface area contributed by atoms with Crippen molar-refractivity contribution in [2.45, 2.75) is 44.7 Å². The summed E-state index contributed by atoms with van der Waals surface area (Å²) in [5.41, 5.74) is 1.44. The Kier molecular flexibility index (Phi) is 5.66. The number of hydrogen-bond acceptors (Lipinski definition) is 3. The Labute approximate surface area is 194 Å². The van der Waals surface area contributed by atoms with Gasteiger partial charge in [0.15, 0.2) is 11.3 Å². The lowest BCUT2D eigenvalue weighted by molar-refractivity contribution is -0.131. The Morgan fingerprint density at radius 1 is 0.818 bits per heavy atom. The van der Waals surface area contributed by atoms with Crippen molar-refractivity contribution >= 4 is 17.7 Å². The molecule has 3 amide bonds. The minimum Gasteiger partial charge on any atom is -0.315 e. The molecule has 5 nitrogen and oxygen atoms in total. The van der Waals surface area contributed by atoms with Crippen molar-refractivity contribution < 1.29 is 14.4 Å². The summed E-state index contributed by atoms with van der Waals surface area (Å²) in [5.74, 6) is -0.743. The number of carbonyl (C=O) groups is 3. The van der Waals surface area contributed by atoms with Crippen LogP contribution in [0.1, 0.15) is 54.7 Å². The van der Waals surface area contributed by atoms with Crippen LogP contribution in [0.25, 0.3) is 0 Å². The molecule has 1 fully saturated rings. The van der Waals surface area contributed by atoms with E-state index in [0.717, 1.165) is 10.5 Å². The molecule has 1 N–H and O–H groups in total. The Hall–Kier alpha value is -3.73. The zero-order chi connectivity index (χ0) is 23.8. The zero-order valence-corrected chi connectivity index (χ0v) is 19.3. The summed E-state index contributed by atoms with van der Waals surface area (Å²) in [5, 5.41) is 2.90. The average Bonchev–Trinajstić information content (AvgIpc) is 3.09. The maximum atomic E-state index is 13.9. The van der Waals surface area contributed by atoms with Crippen molar-refractivity contribution in [2.75, 3.05) is 0 Å². The molecule has 0 radical (unpaired) electrons. The SMILES string of the molecule is CC(C(=O)c1ccc(C(C)(C)C)cc1)N1C(=O)NC(c2ccccc2)(c2ccccc2)C1=O. The van der Waals surface area contributed by atoms with E-state index in [4.69, 9.17) is 0 Å². The van der Waals surface area contributed by atoms with Gasteiger partial charge in [-0.25, -0.2) is 4.79 Å². The predicted octanol–water partition coefficient (Wildman–Crippen LogP) is 5.05. The number of carbonyl (C=O) groups excluding carboxylic acids is 3. The number of amides is 3. The summed E-state index contributed by atoms with van der Waals surface area (Å²) in [6.07, 6.45) is 0. The van der Waals surface area contributed by atoms with E-state index in [2.05, 4.69) is 26.1 Å². The Morgan fingerprint density at radius 2 is 1.30 bits per heavy atom. The number of benzene rings is 3. The molecule has 168 valence electrons. The lowest BCUT2D eigenvalue weighted by Crippen LogP contribution is -2.47. The Morgan fingerprint density at radius 3 is 1.76 bits per heavy atom. The van der Waals surface area contributed by atoms with Crippen molar-refractivity contribution in [3.8, 4) is 0 Å². The van der Waals surface area contributed by atoms with E-state index in [-0.39, 0.29) is 11.2 Å². The largest absolute Gasteiger partial charge is 0.326 e. The number of ketones is 1. The fourth-order valence-corrected chi connectivity index (χ4v) is 4.33. The van der Waals surface area contributed by atoms with Crippen LogP contribution in [-0.2, 0) is 15.7 Å². The first-order chi connectivity index (χ1) is 15.7. The van der Waals surface area contributed by atoms with Crippen LogP contribution in [-0.4, -0.2) is 28.7 Å². The molecule has 0 spiro atoms. The summed E-state index contributed by atoms with van der Waals surface area (Å²) in [7, 11) is 0. The molecule has 0 aliphatic carbocycles. The molecule has 1 aliphatic heterocycles. The van der Waals surface area contributed by atoms with Crippen molar-refractivity contribution in [3.63, 3.8) is 0 Å². The van der Waals surface area contributed by atoms with Gasteiger partial charge in [-0.2, -0.15) is 0 Å². The van der Waals surface area contributed by atoms with Gasteiger partial charge in [0.2, 0.25) is 0 Å². The summed E-state index contributed by atoms with van der Waals surface area (Å²) < 4.78 is 0. The van der Waals surface area contributed by atoms with Crippen molar-refractivity contribution in [2.24, 2.45) is 0 Å². The number of nitrogens with one attached hydrogen (secondary N) is 1. The molecule has 0 aromatic heterocycles. The highest BCUT2D eigenvalue weighted by Crippen LogP contribution is 2.37. The third kappa shape index (κ3) is 3.84. The third-order valence-electron chi connectivity index (χ3n) is 6.27. The van der Waals surface area contributed by atoms with E-state index in [1.165, 1.54) is 0 Å². The highest BCUT2D eigenvalue weighted by Gasteiger charge is 2.55. The van der Waals surface area contributed by atoms with Crippen LogP contribution in [0.4, 0.5) is 4.79 Å². The van der Waals surface area contributed by atoms with Gasteiger partial charge < -0.3 is 5.32 Å². The van der Waals surface area contributed by atoms with Gasteiger partial charge in [0, 0.05) is 5.56 Å². The van der Waals surface area contributed by atoms with Crippen molar-refractivity contribution in [1.29, 1.82) is 0 Å². The Balaban J connectivity index is 1.71. The van der Waals surface area contributed by atoms with Gasteiger partial charge in [-0.3, -0.25) is 14.5 Å². The summed E-state index contributed by atoms with van der Waals surface area (Å²) in [6.45, 7) is 7.91. The van der Waals surface area contributed by atoms with Crippen LogP contribution < -0.4 is 5.32 Å². The zero-order valence-electron chi connectivity index (χ0n) is 19.3. The van der Waals surface area contributed by atoms with Gasteiger partial charge in [0.1, 0.15) is 6.04 Å². The lowest BCUT2D eigenvalue weighted by atomic mass is 9.82. The highest BCUT2D eigenvalue weighted by molar-refractivity contribution is 6.14. The summed E-state index contributed by atoms with van der Waals surface area (Å²) in [6, 6.07) is 24.1. The second-order valence-electron chi connectivity index (χ2n) is 9.45. The normalized spacial score (nSPS) is 16.4. The van der Waals surface area contributed by atoms with Gasteiger partial charge in [0.05, 0.1) is 0 Å². The number of imide groups is 1. The van der Waals surface area contributed by atoms with Gasteiger partial charge >= 0.3 is 6.03 Å². The number of rotatable bonds is 5. The summed E-state index contributed by atoms with van der Waals surface area (Å²) in [4.78, 5) is 41.4. The number of hydrogen-bond donors (Lipinski definition) is 1. The molecule has 33 heavy (non-hydrogen) atoms. The van der Waals surface area contributed by atoms with E-state index < -0.39 is 23.5 Å². The quantitative estimate of drug-likeness (QED) is 0.446. The molecule has 3 aromatic carbocycles. The van der Waals surface area contributed by atoms with Crippen LogP contribution in [0.15, 0.2) is 84.9 Å². The average molecular weight is 441 g/mol. The monoisotopic (exact) mass is 440 g/mol. The standard InChI is InChI=1S/C28H28N2O3/c1-19(24(31)20-15-17-21(18-16-20)27(2,3)4)30-25(32)28(29-26(30)33,22-11-7-5-8-12-22)23-13-9-6-10-14-23/h5-19H,1-4H3,(H,29,33). The maximum Gasteiger partial charge on any atom is 0.326 e. The van der Waals surface area contributed by atoms with Gasteiger partial charge in [-0.15, -0.1) is 0 Å². The molecule has 5 heteroatoms. The highest BCUT2D eigenvalue weighted by atomic mass is 16.2. The van der Waals surface area contributed by atoms with E-state index in [1.807, 2.05) is 72.8 Å². The van der Waals surface area contributed by atoms with Crippen LogP contribution in [0.2, 0.25) is 0 Å². The number of nitrogens with zero attached hydrogens (tertiary/aromatic N) is 1. The van der Waals surface area contributed by atoms with Crippen molar-refractivity contribution in [1.82, 2.24) is 10.2 Å². The van der Waals surface area contributed by atoms with Gasteiger partial charge in [-0.1, -0.05) is 106 Å². The molecule has 1 heterocycles. The number of urea groups is 1. The fourth-order valence-electron chi connectivity index (χ4n) is 4.33. The fraction of sp³-hybridized carbons (Fsp3) is 0.250. The first-order valence-corrected chi connectivity index (χ1v) is 11.1. The second-order valence-corrected chi connectivity index (χ2v) is 9.45. The first-order valence-electron chi connectivity index (χ1n) is 11.1. The summed E-state index contributed by atoms with van der Waals surface area (Å²) >= 11 is 0. The second kappa shape index (κ2) is 8.32. The maximum absolute atomic E-state index is 13.9. The predicted molar refractivity (Wildman–Crippen MR) is 128 cm³/mol. The van der Waals surface area contributed by atoms with E-state index in [1.54, 1.807) is 19.1 Å². The molecule has 4 rings (SSSR count). The molecule has 1 unspecified atom stereocenters. The topological polar surface area (TPSA) is 66.5 Å². The minimum atomic E-state index is -1.38. The van der Waals surface area contributed by atoms with Crippen molar-refractivity contribution in [3.05, 3.63) is 107 Å². The Bertz CT molecular complexity index is 1140. The van der Waals surface area contributed by atoms with E-state index in [9.17, 15) is 14.4 Å². The molecule has 3 aromatic rings. The third-order valence-corrected chi connectivity index (χ3v) is 6.27.